The Kier molecular flexibility index (Phi) is 8.35. The molecule has 0 radical (unpaired) electrons. The molecule has 30 heavy (non-hydrogen) atoms. The molecule has 1 aliphatic rings. The van der Waals surface area contributed by atoms with Crippen molar-refractivity contribution >= 4 is 45.1 Å². The molecule has 1 fully saturated rings. The number of hydrogen-bond acceptors (Lipinski definition) is 6. The molecule has 2 amide bonds. The lowest BCUT2D eigenvalue weighted by Crippen LogP contribution is -2.43. The van der Waals surface area contributed by atoms with Crippen molar-refractivity contribution in [1.29, 1.82) is 0 Å². The minimum atomic E-state index is -0.232. The first-order chi connectivity index (χ1) is 14.5. The van der Waals surface area contributed by atoms with Gasteiger partial charge in [-0.1, -0.05) is 11.3 Å². The standard InChI is InChI=1S/C21H29N3O4S2/c1-15-6-4-5-9-23(15)20(26)14-29-13-19(25)22-21-24(10-11-27-2)17-8-7-16(28-3)12-18(17)30-21/h7-8,12,15H,4-6,9-11,13-14H2,1-3H3. The Morgan fingerprint density at radius 1 is 1.27 bits per heavy atom. The van der Waals surface area contributed by atoms with Crippen LogP contribution in [-0.2, 0) is 20.9 Å². The fourth-order valence-corrected chi connectivity index (χ4v) is 5.36. The number of piperidine rings is 1. The number of hydrogen-bond donors (Lipinski definition) is 0. The molecule has 1 unspecified atom stereocenters. The van der Waals surface area contributed by atoms with Gasteiger partial charge in [-0.2, -0.15) is 4.99 Å². The van der Waals surface area contributed by atoms with E-state index in [0.717, 1.165) is 35.4 Å². The van der Waals surface area contributed by atoms with Gasteiger partial charge in [0.05, 0.1) is 35.4 Å². The number of ether oxygens (including phenoxy) is 2. The number of aromatic nitrogens is 1. The largest absolute Gasteiger partial charge is 0.497 e. The van der Waals surface area contributed by atoms with Crippen LogP contribution in [0.3, 0.4) is 0 Å². The molecular formula is C21H29N3O4S2. The Labute approximate surface area is 185 Å². The third kappa shape index (κ3) is 5.65. The number of amides is 2. The zero-order chi connectivity index (χ0) is 21.5. The van der Waals surface area contributed by atoms with Crippen LogP contribution in [0.1, 0.15) is 26.2 Å². The highest BCUT2D eigenvalue weighted by Crippen LogP contribution is 2.23. The normalized spacial score (nSPS) is 17.5. The molecular weight excluding hydrogens is 422 g/mol. The van der Waals surface area contributed by atoms with E-state index in [1.807, 2.05) is 27.7 Å². The van der Waals surface area contributed by atoms with Crippen LogP contribution < -0.4 is 9.54 Å². The number of carbonyl (C=O) groups is 2. The van der Waals surface area contributed by atoms with Gasteiger partial charge in [0.25, 0.3) is 5.91 Å². The van der Waals surface area contributed by atoms with E-state index in [1.165, 1.54) is 29.5 Å². The van der Waals surface area contributed by atoms with Crippen LogP contribution in [0.15, 0.2) is 23.2 Å². The predicted octanol–water partition coefficient (Wildman–Crippen LogP) is 2.92. The second kappa shape index (κ2) is 11.0. The van der Waals surface area contributed by atoms with E-state index in [1.54, 1.807) is 14.2 Å². The summed E-state index contributed by atoms with van der Waals surface area (Å²) in [5.41, 5.74) is 0.992. The summed E-state index contributed by atoms with van der Waals surface area (Å²) >= 11 is 2.79. The fraction of sp³-hybridized carbons (Fsp3) is 0.571. The average Bonchev–Trinajstić information content (AvgIpc) is 3.08. The van der Waals surface area contributed by atoms with E-state index >= 15 is 0 Å². The van der Waals surface area contributed by atoms with Gasteiger partial charge in [-0.05, 0) is 44.4 Å². The van der Waals surface area contributed by atoms with Gasteiger partial charge in [0.2, 0.25) is 5.91 Å². The molecule has 1 saturated heterocycles. The SMILES string of the molecule is COCCn1c(=NC(=O)CSCC(=O)N2CCCCC2C)sc2cc(OC)ccc21. The number of fused-ring (bicyclic) bond motifs is 1. The van der Waals surface area contributed by atoms with Crippen LogP contribution in [0.25, 0.3) is 10.2 Å². The highest BCUT2D eigenvalue weighted by molar-refractivity contribution is 8.00. The number of thiazole rings is 1. The van der Waals surface area contributed by atoms with Crippen molar-refractivity contribution in [2.45, 2.75) is 38.8 Å². The van der Waals surface area contributed by atoms with Gasteiger partial charge in [0.1, 0.15) is 5.75 Å². The molecule has 7 nitrogen and oxygen atoms in total. The molecule has 0 aliphatic carbocycles. The van der Waals surface area contributed by atoms with Crippen LogP contribution in [0, 0.1) is 0 Å². The molecule has 164 valence electrons. The third-order valence-corrected chi connectivity index (χ3v) is 7.15. The zero-order valence-corrected chi connectivity index (χ0v) is 19.4. The lowest BCUT2D eigenvalue weighted by molar-refractivity contribution is -0.131. The molecule has 3 rings (SSSR count). The first-order valence-corrected chi connectivity index (χ1v) is 12.1. The number of methoxy groups -OCH3 is 2. The van der Waals surface area contributed by atoms with Crippen molar-refractivity contribution in [3.8, 4) is 5.75 Å². The van der Waals surface area contributed by atoms with Crippen molar-refractivity contribution in [3.63, 3.8) is 0 Å². The smallest absolute Gasteiger partial charge is 0.258 e. The molecule has 0 bridgehead atoms. The third-order valence-electron chi connectivity index (χ3n) is 5.20. The number of nitrogens with zero attached hydrogens (tertiary/aromatic N) is 3. The van der Waals surface area contributed by atoms with Crippen molar-refractivity contribution in [2.24, 2.45) is 4.99 Å². The van der Waals surface area contributed by atoms with Crippen LogP contribution in [0.2, 0.25) is 0 Å². The molecule has 2 aromatic rings. The monoisotopic (exact) mass is 451 g/mol. The van der Waals surface area contributed by atoms with Gasteiger partial charge in [0, 0.05) is 26.2 Å². The van der Waals surface area contributed by atoms with E-state index in [-0.39, 0.29) is 17.6 Å². The predicted molar refractivity (Wildman–Crippen MR) is 121 cm³/mol. The minimum Gasteiger partial charge on any atom is -0.497 e. The summed E-state index contributed by atoms with van der Waals surface area (Å²) in [5, 5.41) is 0. The highest BCUT2D eigenvalue weighted by Gasteiger charge is 2.23. The van der Waals surface area contributed by atoms with Gasteiger partial charge in [-0.3, -0.25) is 9.59 Å². The van der Waals surface area contributed by atoms with Crippen molar-refractivity contribution < 1.29 is 19.1 Å². The maximum Gasteiger partial charge on any atom is 0.258 e. The second-order valence-corrected chi connectivity index (χ2v) is 9.29. The molecule has 1 aliphatic heterocycles. The summed E-state index contributed by atoms with van der Waals surface area (Å²) in [5.74, 6) is 1.16. The highest BCUT2D eigenvalue weighted by atomic mass is 32.2. The van der Waals surface area contributed by atoms with Crippen molar-refractivity contribution in [3.05, 3.63) is 23.0 Å². The van der Waals surface area contributed by atoms with E-state index < -0.39 is 0 Å². The summed E-state index contributed by atoms with van der Waals surface area (Å²) < 4.78 is 13.5. The lowest BCUT2D eigenvalue weighted by atomic mass is 10.0. The topological polar surface area (TPSA) is 73.1 Å². The average molecular weight is 452 g/mol. The molecule has 0 N–H and O–H groups in total. The molecule has 1 aromatic carbocycles. The summed E-state index contributed by atoms with van der Waals surface area (Å²) in [6.45, 7) is 4.05. The van der Waals surface area contributed by atoms with Gasteiger partial charge >= 0.3 is 0 Å². The Bertz CT molecular complexity index is 953. The lowest BCUT2D eigenvalue weighted by Gasteiger charge is -2.33. The number of rotatable bonds is 8. The molecule has 2 heterocycles. The molecule has 1 atom stereocenters. The molecule has 1 aromatic heterocycles. The zero-order valence-electron chi connectivity index (χ0n) is 17.8. The van der Waals surface area contributed by atoms with E-state index in [2.05, 4.69) is 11.9 Å². The van der Waals surface area contributed by atoms with Gasteiger partial charge in [0.15, 0.2) is 4.80 Å². The minimum absolute atomic E-state index is 0.115. The summed E-state index contributed by atoms with van der Waals surface area (Å²) in [6.07, 6.45) is 3.30. The van der Waals surface area contributed by atoms with Gasteiger partial charge < -0.3 is 18.9 Å². The summed E-state index contributed by atoms with van der Waals surface area (Å²) in [7, 11) is 3.28. The van der Waals surface area contributed by atoms with Gasteiger partial charge in [-0.15, -0.1) is 11.8 Å². The van der Waals surface area contributed by atoms with Crippen molar-refractivity contribution in [2.75, 3.05) is 38.9 Å². The quantitative estimate of drug-likeness (QED) is 0.617. The Hall–Kier alpha value is -1.84. The van der Waals surface area contributed by atoms with Crippen LogP contribution >= 0.6 is 23.1 Å². The number of carbonyl (C=O) groups excluding carboxylic acids is 2. The number of thioether (sulfide) groups is 1. The maximum atomic E-state index is 12.5. The van der Waals surface area contributed by atoms with Crippen molar-refractivity contribution in [1.82, 2.24) is 9.47 Å². The Morgan fingerprint density at radius 2 is 2.10 bits per heavy atom. The summed E-state index contributed by atoms with van der Waals surface area (Å²) in [6, 6.07) is 6.10. The maximum absolute atomic E-state index is 12.5. The molecule has 9 heteroatoms. The van der Waals surface area contributed by atoms with E-state index in [9.17, 15) is 9.59 Å². The summed E-state index contributed by atoms with van der Waals surface area (Å²) in [4.78, 5) is 31.8. The van der Waals surface area contributed by atoms with Crippen LogP contribution in [-0.4, -0.2) is 66.2 Å². The van der Waals surface area contributed by atoms with E-state index in [4.69, 9.17) is 9.47 Å². The fourth-order valence-electron chi connectivity index (χ4n) is 3.58. The first kappa shape index (κ1) is 22.8. The first-order valence-electron chi connectivity index (χ1n) is 10.1. The van der Waals surface area contributed by atoms with E-state index in [0.29, 0.717) is 29.7 Å². The van der Waals surface area contributed by atoms with Crippen LogP contribution in [0.4, 0.5) is 0 Å². The molecule has 0 saturated carbocycles. The Balaban J connectivity index is 1.68. The molecule has 0 spiro atoms. The number of likely N-dealkylation sites (tertiary alicyclic amines) is 1. The Morgan fingerprint density at radius 3 is 2.83 bits per heavy atom. The van der Waals surface area contributed by atoms with Crippen LogP contribution in [0.5, 0.6) is 5.75 Å². The second-order valence-electron chi connectivity index (χ2n) is 7.29. The van der Waals surface area contributed by atoms with Gasteiger partial charge in [-0.25, -0.2) is 0 Å². The number of benzene rings is 1.